The van der Waals surface area contributed by atoms with Gasteiger partial charge in [0.05, 0.1) is 27.4 Å². The monoisotopic (exact) mass is 370 g/mol. The number of nitrogens with zero attached hydrogens (tertiary/aromatic N) is 2. The van der Waals surface area contributed by atoms with E-state index in [4.69, 9.17) is 28.5 Å². The molecule has 2 rings (SSSR count). The molecule has 0 radical (unpaired) electrons. The maximum atomic E-state index is 8.84. The second-order valence-electron chi connectivity index (χ2n) is 3.83. The van der Waals surface area contributed by atoms with Crippen LogP contribution < -0.4 is 10.6 Å². The number of anilines is 3. The number of nitrogens with one attached hydrogen (secondary N) is 2. The van der Waals surface area contributed by atoms with Crippen LogP contribution in [0, 0.1) is 11.3 Å². The Hall–Kier alpha value is -1.48. The molecule has 0 saturated heterocycles. The third-order valence-corrected chi connectivity index (χ3v) is 3.75. The number of aromatic nitrogens is 1. The van der Waals surface area contributed by atoms with E-state index in [0.717, 1.165) is 10.2 Å². The number of hydrogen-bond donors (Lipinski definition) is 2. The molecule has 1 aromatic heterocycles. The van der Waals surface area contributed by atoms with Gasteiger partial charge in [-0.1, -0.05) is 23.2 Å². The molecule has 7 heteroatoms. The van der Waals surface area contributed by atoms with E-state index >= 15 is 0 Å². The van der Waals surface area contributed by atoms with Gasteiger partial charge >= 0.3 is 0 Å². The van der Waals surface area contributed by atoms with Gasteiger partial charge in [0.15, 0.2) is 5.82 Å². The molecule has 0 bridgehead atoms. The van der Waals surface area contributed by atoms with Crippen molar-refractivity contribution in [2.24, 2.45) is 0 Å². The molecule has 0 aliphatic carbocycles. The lowest BCUT2D eigenvalue weighted by atomic mass is 10.2. The Morgan fingerprint density at radius 1 is 1.20 bits per heavy atom. The van der Waals surface area contributed by atoms with Crippen LogP contribution in [-0.4, -0.2) is 12.0 Å². The minimum absolute atomic E-state index is 0.408. The molecule has 0 spiro atoms. The molecule has 1 heterocycles. The molecule has 0 unspecified atom stereocenters. The summed E-state index contributed by atoms with van der Waals surface area (Å²) in [5, 5.41) is 15.7. The Kier molecular flexibility index (Phi) is 4.71. The molecule has 0 amide bonds. The van der Waals surface area contributed by atoms with Crippen molar-refractivity contribution < 1.29 is 0 Å². The lowest BCUT2D eigenvalue weighted by Crippen LogP contribution is -2.00. The van der Waals surface area contributed by atoms with E-state index in [1.807, 2.05) is 0 Å². The van der Waals surface area contributed by atoms with Crippen LogP contribution in [0.15, 0.2) is 28.7 Å². The van der Waals surface area contributed by atoms with Crippen LogP contribution >= 0.6 is 39.1 Å². The van der Waals surface area contributed by atoms with Gasteiger partial charge in [0.1, 0.15) is 5.82 Å². The zero-order valence-electron chi connectivity index (χ0n) is 10.3. The Morgan fingerprint density at radius 2 is 1.90 bits per heavy atom. The fraction of sp³-hybridized carbons (Fsp3) is 0.0769. The quantitative estimate of drug-likeness (QED) is 0.812. The standard InChI is InChI=1S/C13H9BrCl2N4/c1-18-12-9(15)5-10(16)13(20-12)19-11-3-2-7(6-17)4-8(11)14/h2-5H,1H3,(H2,18,19,20). The largest absolute Gasteiger partial charge is 0.372 e. The lowest BCUT2D eigenvalue weighted by Gasteiger charge is -2.12. The van der Waals surface area contributed by atoms with Crippen molar-refractivity contribution in [3.63, 3.8) is 0 Å². The smallest absolute Gasteiger partial charge is 0.151 e. The average Bonchev–Trinajstić information content (AvgIpc) is 2.43. The maximum absolute atomic E-state index is 8.84. The SMILES string of the molecule is CNc1nc(Nc2ccc(C#N)cc2Br)c(Cl)cc1Cl. The first-order chi connectivity index (χ1) is 9.55. The second-order valence-corrected chi connectivity index (χ2v) is 5.50. The second kappa shape index (κ2) is 6.31. The van der Waals surface area contributed by atoms with Crippen molar-refractivity contribution in [3.05, 3.63) is 44.3 Å². The first-order valence-electron chi connectivity index (χ1n) is 5.55. The summed E-state index contributed by atoms with van der Waals surface area (Å²) < 4.78 is 0.746. The Labute approximate surface area is 134 Å². The summed E-state index contributed by atoms with van der Waals surface area (Å²) in [4.78, 5) is 4.30. The summed E-state index contributed by atoms with van der Waals surface area (Å²) in [5.41, 5.74) is 1.32. The predicted octanol–water partition coefficient (Wildman–Crippen LogP) is 4.81. The molecule has 0 atom stereocenters. The number of hydrogen-bond acceptors (Lipinski definition) is 4. The first-order valence-corrected chi connectivity index (χ1v) is 7.10. The predicted molar refractivity (Wildman–Crippen MR) is 85.9 cm³/mol. The van der Waals surface area contributed by atoms with Gasteiger partial charge in [0.2, 0.25) is 0 Å². The van der Waals surface area contributed by atoms with Crippen molar-refractivity contribution in [2.45, 2.75) is 0 Å². The van der Waals surface area contributed by atoms with Crippen LogP contribution in [0.4, 0.5) is 17.3 Å². The van der Waals surface area contributed by atoms with Crippen molar-refractivity contribution in [3.8, 4) is 6.07 Å². The van der Waals surface area contributed by atoms with Gasteiger partial charge in [-0.25, -0.2) is 4.98 Å². The zero-order valence-corrected chi connectivity index (χ0v) is 13.4. The fourth-order valence-corrected chi connectivity index (χ4v) is 2.52. The number of pyridine rings is 1. The third-order valence-electron chi connectivity index (χ3n) is 2.52. The highest BCUT2D eigenvalue weighted by molar-refractivity contribution is 9.10. The Morgan fingerprint density at radius 3 is 2.50 bits per heavy atom. The van der Waals surface area contributed by atoms with E-state index in [-0.39, 0.29) is 0 Å². The number of rotatable bonds is 3. The zero-order chi connectivity index (χ0) is 14.7. The van der Waals surface area contributed by atoms with Crippen molar-refractivity contribution in [1.82, 2.24) is 4.98 Å². The van der Waals surface area contributed by atoms with E-state index in [0.29, 0.717) is 27.2 Å². The highest BCUT2D eigenvalue weighted by Gasteiger charge is 2.10. The minimum atomic E-state index is 0.408. The van der Waals surface area contributed by atoms with E-state index in [1.165, 1.54) is 0 Å². The summed E-state index contributed by atoms with van der Waals surface area (Å²) in [6.45, 7) is 0. The molecular weight excluding hydrogens is 363 g/mol. The minimum Gasteiger partial charge on any atom is -0.372 e. The number of halogens is 3. The van der Waals surface area contributed by atoms with Crippen molar-refractivity contribution in [1.29, 1.82) is 5.26 Å². The van der Waals surface area contributed by atoms with Gasteiger partial charge in [-0.05, 0) is 40.2 Å². The van der Waals surface area contributed by atoms with Gasteiger partial charge in [0.25, 0.3) is 0 Å². The summed E-state index contributed by atoms with van der Waals surface area (Å²) >= 11 is 15.5. The molecule has 4 nitrogen and oxygen atoms in total. The van der Waals surface area contributed by atoms with Crippen molar-refractivity contribution >= 4 is 56.5 Å². The van der Waals surface area contributed by atoms with E-state index in [9.17, 15) is 0 Å². The molecule has 0 aliphatic heterocycles. The highest BCUT2D eigenvalue weighted by atomic mass is 79.9. The van der Waals surface area contributed by atoms with Gasteiger partial charge < -0.3 is 10.6 Å². The summed E-state index contributed by atoms with van der Waals surface area (Å²) in [5.74, 6) is 1.01. The molecule has 1 aromatic carbocycles. The molecule has 0 saturated carbocycles. The molecule has 0 fully saturated rings. The summed E-state index contributed by atoms with van der Waals surface area (Å²) in [6, 6.07) is 8.87. The van der Waals surface area contributed by atoms with Gasteiger partial charge in [-0.15, -0.1) is 0 Å². The van der Waals surface area contributed by atoms with E-state index in [2.05, 4.69) is 37.6 Å². The van der Waals surface area contributed by atoms with Crippen LogP contribution in [0.3, 0.4) is 0 Å². The number of nitriles is 1. The third kappa shape index (κ3) is 3.15. The molecule has 102 valence electrons. The van der Waals surface area contributed by atoms with E-state index in [1.54, 1.807) is 31.3 Å². The summed E-state index contributed by atoms with van der Waals surface area (Å²) in [6.07, 6.45) is 0. The average molecular weight is 372 g/mol. The Bertz CT molecular complexity index is 698. The van der Waals surface area contributed by atoms with Gasteiger partial charge in [0, 0.05) is 11.5 Å². The number of benzene rings is 1. The van der Waals surface area contributed by atoms with Gasteiger partial charge in [-0.3, -0.25) is 0 Å². The van der Waals surface area contributed by atoms with Gasteiger partial charge in [-0.2, -0.15) is 5.26 Å². The lowest BCUT2D eigenvalue weighted by molar-refractivity contribution is 1.27. The van der Waals surface area contributed by atoms with Crippen LogP contribution in [0.25, 0.3) is 0 Å². The van der Waals surface area contributed by atoms with Crippen LogP contribution in [-0.2, 0) is 0 Å². The van der Waals surface area contributed by atoms with Crippen LogP contribution in [0.1, 0.15) is 5.56 Å². The molecule has 0 aliphatic rings. The van der Waals surface area contributed by atoms with Crippen LogP contribution in [0.5, 0.6) is 0 Å². The van der Waals surface area contributed by atoms with Crippen LogP contribution in [0.2, 0.25) is 10.0 Å². The molecule has 2 aromatic rings. The topological polar surface area (TPSA) is 60.7 Å². The first kappa shape index (κ1) is 14.9. The Balaban J connectivity index is 2.37. The molecule has 20 heavy (non-hydrogen) atoms. The summed E-state index contributed by atoms with van der Waals surface area (Å²) in [7, 11) is 1.73. The van der Waals surface area contributed by atoms with E-state index < -0.39 is 0 Å². The molecular formula is C13H9BrCl2N4. The highest BCUT2D eigenvalue weighted by Crippen LogP contribution is 2.33. The fourth-order valence-electron chi connectivity index (χ4n) is 1.54. The molecule has 2 N–H and O–H groups in total. The normalized spacial score (nSPS) is 9.95. The maximum Gasteiger partial charge on any atom is 0.151 e. The van der Waals surface area contributed by atoms with Crippen molar-refractivity contribution in [2.75, 3.05) is 17.7 Å².